The van der Waals surface area contributed by atoms with Crippen molar-refractivity contribution in [3.8, 4) is 28.3 Å². The molecule has 0 bridgehead atoms. The van der Waals surface area contributed by atoms with Crippen LogP contribution in [0, 0.1) is 13.8 Å². The number of aromatic nitrogens is 3. The number of anilines is 1. The fourth-order valence-corrected chi connectivity index (χ4v) is 5.67. The molecule has 3 aromatic carbocycles. The highest BCUT2D eigenvalue weighted by Crippen LogP contribution is 2.39. The molecule has 0 aliphatic carbocycles. The molecule has 0 amide bonds. The summed E-state index contributed by atoms with van der Waals surface area (Å²) in [7, 11) is 1.70. The van der Waals surface area contributed by atoms with Gasteiger partial charge in [-0.15, -0.1) is 5.10 Å². The Kier molecular flexibility index (Phi) is 6.05. The molecule has 5 nitrogen and oxygen atoms in total. The predicted octanol–water partition coefficient (Wildman–Crippen LogP) is 7.22. The highest BCUT2D eigenvalue weighted by Gasteiger charge is 2.29. The van der Waals surface area contributed by atoms with E-state index in [9.17, 15) is 0 Å². The second-order valence-corrected chi connectivity index (χ2v) is 10.1. The van der Waals surface area contributed by atoms with Crippen LogP contribution < -0.4 is 10.1 Å². The summed E-state index contributed by atoms with van der Waals surface area (Å²) >= 11 is 6.15. The summed E-state index contributed by atoms with van der Waals surface area (Å²) < 4.78 is 9.91. The van der Waals surface area contributed by atoms with Crippen molar-refractivity contribution >= 4 is 28.5 Å². The van der Waals surface area contributed by atoms with Gasteiger partial charge in [0.2, 0.25) is 0 Å². The number of rotatable bonds is 5. The minimum Gasteiger partial charge on any atom is -0.497 e. The van der Waals surface area contributed by atoms with Crippen LogP contribution in [0.25, 0.3) is 28.2 Å². The number of benzene rings is 3. The zero-order chi connectivity index (χ0) is 25.5. The van der Waals surface area contributed by atoms with E-state index in [1.54, 1.807) is 7.11 Å². The van der Waals surface area contributed by atoms with Gasteiger partial charge in [-0.25, -0.2) is 4.52 Å². The van der Waals surface area contributed by atoms with Gasteiger partial charge in [-0.3, -0.25) is 0 Å². The first-order chi connectivity index (χ1) is 18.0. The number of nitrogens with zero attached hydrogens (tertiary/aromatic N) is 3. The molecule has 1 aliphatic heterocycles. The van der Waals surface area contributed by atoms with Gasteiger partial charge in [0.05, 0.1) is 7.11 Å². The van der Waals surface area contributed by atoms with Crippen molar-refractivity contribution in [2.45, 2.75) is 39.7 Å². The maximum absolute atomic E-state index is 6.15. The van der Waals surface area contributed by atoms with Gasteiger partial charge in [-0.1, -0.05) is 66.8 Å². The minimum atomic E-state index is 0.672. The molecule has 0 unspecified atom stereocenters. The maximum atomic E-state index is 6.15. The van der Waals surface area contributed by atoms with Gasteiger partial charge in [0.25, 0.3) is 0 Å². The van der Waals surface area contributed by atoms with Crippen LogP contribution >= 0.6 is 12.2 Å². The van der Waals surface area contributed by atoms with Crippen LogP contribution in [-0.4, -0.2) is 26.3 Å². The van der Waals surface area contributed by atoms with Gasteiger partial charge in [-0.2, -0.15) is 0 Å². The number of hydrogen-bond acceptors (Lipinski definition) is 3. The molecule has 6 heteroatoms. The van der Waals surface area contributed by atoms with E-state index in [4.69, 9.17) is 22.1 Å². The lowest BCUT2D eigenvalue weighted by Crippen LogP contribution is -2.15. The predicted molar refractivity (Wildman–Crippen MR) is 155 cm³/mol. The molecule has 0 saturated heterocycles. The van der Waals surface area contributed by atoms with Crippen molar-refractivity contribution in [3.63, 3.8) is 0 Å². The number of ether oxygens (including phenoxy) is 1. The lowest BCUT2D eigenvalue weighted by molar-refractivity contribution is 0.415. The quantitative estimate of drug-likeness (QED) is 0.256. The monoisotopic (exact) mass is 506 g/mol. The SMILES string of the molecule is COc1ccc(-c2c3c4n(c(-c5ccccc5)nn4c2C(=S)Nc2cc(C)ccc2C)CCCC3)cc1. The van der Waals surface area contributed by atoms with Crippen LogP contribution in [0.15, 0.2) is 72.8 Å². The topological polar surface area (TPSA) is 43.5 Å². The van der Waals surface area contributed by atoms with Crippen LogP contribution in [0.1, 0.15) is 35.2 Å². The van der Waals surface area contributed by atoms with Gasteiger partial charge >= 0.3 is 0 Å². The van der Waals surface area contributed by atoms with Crippen molar-refractivity contribution < 1.29 is 4.74 Å². The van der Waals surface area contributed by atoms with Gasteiger partial charge in [0.1, 0.15) is 22.1 Å². The first kappa shape index (κ1) is 23.5. The molecular formula is C31H30N4OS. The van der Waals surface area contributed by atoms with E-state index in [1.807, 2.05) is 18.2 Å². The molecule has 0 atom stereocenters. The van der Waals surface area contributed by atoms with Gasteiger partial charge in [0, 0.05) is 28.9 Å². The fraction of sp³-hybridized carbons (Fsp3) is 0.226. The molecule has 0 saturated carbocycles. The van der Waals surface area contributed by atoms with Crippen molar-refractivity contribution in [1.82, 2.24) is 14.2 Å². The molecule has 6 rings (SSSR count). The smallest absolute Gasteiger partial charge is 0.162 e. The third kappa shape index (κ3) is 4.11. The van der Waals surface area contributed by atoms with Crippen LogP contribution in [-0.2, 0) is 13.0 Å². The third-order valence-corrected chi connectivity index (χ3v) is 7.55. The van der Waals surface area contributed by atoms with E-state index in [0.29, 0.717) is 4.99 Å². The van der Waals surface area contributed by atoms with E-state index < -0.39 is 0 Å². The summed E-state index contributed by atoms with van der Waals surface area (Å²) in [6.45, 7) is 5.14. The van der Waals surface area contributed by atoms with Gasteiger partial charge in [0.15, 0.2) is 5.82 Å². The van der Waals surface area contributed by atoms with E-state index >= 15 is 0 Å². The summed E-state index contributed by atoms with van der Waals surface area (Å²) in [6.07, 6.45) is 3.22. The Balaban J connectivity index is 1.60. The number of aryl methyl sites for hydroxylation is 4. The standard InChI is InChI=1S/C31H30N4OS/c1-20-12-13-21(2)26(19-20)32-30(37)28-27(22-14-16-24(36-3)17-15-22)25-11-7-8-18-34-29(33-35(28)31(25)34)23-9-5-4-6-10-23/h4-6,9-10,12-17,19H,7-8,11,18H2,1-3H3,(H,32,37). The van der Waals surface area contributed by atoms with Gasteiger partial charge in [-0.05, 0) is 68.0 Å². The zero-order valence-electron chi connectivity index (χ0n) is 21.4. The molecule has 1 N–H and O–H groups in total. The second-order valence-electron chi connectivity index (χ2n) is 9.74. The first-order valence-electron chi connectivity index (χ1n) is 12.8. The molecule has 2 aromatic heterocycles. The Labute approximate surface area is 222 Å². The van der Waals surface area contributed by atoms with Crippen molar-refractivity contribution in [1.29, 1.82) is 0 Å². The second kappa shape index (κ2) is 9.52. The largest absolute Gasteiger partial charge is 0.497 e. The molecule has 0 radical (unpaired) electrons. The van der Waals surface area contributed by atoms with E-state index in [1.165, 1.54) is 11.1 Å². The molecule has 1 aliphatic rings. The van der Waals surface area contributed by atoms with Crippen LogP contribution in [0.5, 0.6) is 5.75 Å². The molecular weight excluding hydrogens is 476 g/mol. The molecule has 0 fully saturated rings. The summed E-state index contributed by atoms with van der Waals surface area (Å²) in [5.41, 5.74) is 10.1. The Morgan fingerprint density at radius 3 is 2.49 bits per heavy atom. The van der Waals surface area contributed by atoms with E-state index in [0.717, 1.165) is 76.7 Å². The highest BCUT2D eigenvalue weighted by atomic mass is 32.1. The minimum absolute atomic E-state index is 0.672. The van der Waals surface area contributed by atoms with Crippen molar-refractivity contribution in [3.05, 3.63) is 95.2 Å². The fourth-order valence-electron chi connectivity index (χ4n) is 5.37. The number of nitrogens with one attached hydrogen (secondary N) is 1. The normalized spacial score (nSPS) is 12.9. The average Bonchev–Trinajstić information content (AvgIpc) is 3.34. The number of thiocarbonyl (C=S) groups is 1. The Morgan fingerprint density at radius 1 is 0.946 bits per heavy atom. The summed E-state index contributed by atoms with van der Waals surface area (Å²) in [5.74, 6) is 1.82. The van der Waals surface area contributed by atoms with Crippen LogP contribution in [0.3, 0.4) is 0 Å². The first-order valence-corrected chi connectivity index (χ1v) is 13.2. The Bertz CT molecular complexity index is 1610. The van der Waals surface area contributed by atoms with E-state index in [2.05, 4.69) is 82.8 Å². The number of methoxy groups -OCH3 is 1. The Morgan fingerprint density at radius 2 is 1.73 bits per heavy atom. The highest BCUT2D eigenvalue weighted by molar-refractivity contribution is 7.81. The third-order valence-electron chi connectivity index (χ3n) is 7.25. The van der Waals surface area contributed by atoms with Gasteiger partial charge < -0.3 is 14.6 Å². The molecule has 3 heterocycles. The summed E-state index contributed by atoms with van der Waals surface area (Å²) in [5, 5.41) is 8.78. The lowest BCUT2D eigenvalue weighted by atomic mass is 9.97. The molecule has 5 aromatic rings. The lowest BCUT2D eigenvalue weighted by Gasteiger charge is -2.14. The molecule has 186 valence electrons. The van der Waals surface area contributed by atoms with E-state index in [-0.39, 0.29) is 0 Å². The van der Waals surface area contributed by atoms with Crippen molar-refractivity contribution in [2.75, 3.05) is 12.4 Å². The van der Waals surface area contributed by atoms with Crippen molar-refractivity contribution in [2.24, 2.45) is 0 Å². The summed E-state index contributed by atoms with van der Waals surface area (Å²) in [4.78, 5) is 0.672. The average molecular weight is 507 g/mol. The Hall–Kier alpha value is -3.90. The zero-order valence-corrected chi connectivity index (χ0v) is 22.2. The maximum Gasteiger partial charge on any atom is 0.162 e. The molecule has 0 spiro atoms. The summed E-state index contributed by atoms with van der Waals surface area (Å²) in [6, 6.07) is 25.1. The van der Waals surface area contributed by atoms with Crippen LogP contribution in [0.4, 0.5) is 5.69 Å². The number of hydrogen-bond donors (Lipinski definition) is 1. The molecule has 37 heavy (non-hydrogen) atoms. The van der Waals surface area contributed by atoms with Crippen LogP contribution in [0.2, 0.25) is 0 Å².